The van der Waals surface area contributed by atoms with Gasteiger partial charge in [-0.25, -0.2) is 10.8 Å². The number of hydrogen-bond acceptors (Lipinski definition) is 5. The lowest BCUT2D eigenvalue weighted by atomic mass is 10.1. The minimum atomic E-state index is 0.0421. The summed E-state index contributed by atoms with van der Waals surface area (Å²) >= 11 is 1.77. The van der Waals surface area contributed by atoms with Gasteiger partial charge in [0.15, 0.2) is 0 Å². The van der Waals surface area contributed by atoms with Crippen molar-refractivity contribution in [2.75, 3.05) is 12.0 Å². The zero-order valence-corrected chi connectivity index (χ0v) is 12.7. The Bertz CT molecular complexity index is 645. The maximum Gasteiger partial charge on any atom is 0.254 e. The van der Waals surface area contributed by atoms with Gasteiger partial charge >= 0.3 is 0 Å². The summed E-state index contributed by atoms with van der Waals surface area (Å²) in [5.74, 6) is 6.01. The summed E-state index contributed by atoms with van der Waals surface area (Å²) in [6.07, 6.45) is 1.71. The number of fused-ring (bicyclic) bond motifs is 1. The molecule has 0 aromatic carbocycles. The Balaban J connectivity index is 1.85. The van der Waals surface area contributed by atoms with E-state index in [1.54, 1.807) is 17.4 Å². The highest BCUT2D eigenvalue weighted by atomic mass is 32.1. The van der Waals surface area contributed by atoms with Gasteiger partial charge in [-0.15, -0.1) is 11.3 Å². The van der Waals surface area contributed by atoms with Gasteiger partial charge in [0.1, 0.15) is 5.82 Å². The largest absolute Gasteiger partial charge is 0.334 e. The number of aryl methyl sites for hydroxylation is 1. The third-order valence-corrected chi connectivity index (χ3v) is 4.75. The Labute approximate surface area is 127 Å². The first-order valence-electron chi connectivity index (χ1n) is 7.03. The number of nitrogens with one attached hydrogen (secondary N) is 1. The number of rotatable bonds is 3. The molecule has 110 valence electrons. The fourth-order valence-electron chi connectivity index (χ4n) is 2.57. The van der Waals surface area contributed by atoms with E-state index in [0.717, 1.165) is 25.1 Å². The third kappa shape index (κ3) is 2.77. The SMILES string of the molecule is CCc1cc(C(=O)N2CCc3sccc3C2)cc(NN)n1. The van der Waals surface area contributed by atoms with Crippen LogP contribution in [0.15, 0.2) is 23.6 Å². The summed E-state index contributed by atoms with van der Waals surface area (Å²) in [6.45, 7) is 3.46. The van der Waals surface area contributed by atoms with Crippen LogP contribution in [0.2, 0.25) is 0 Å². The molecule has 0 saturated carbocycles. The number of carbonyl (C=O) groups excluding carboxylic acids is 1. The van der Waals surface area contributed by atoms with E-state index in [9.17, 15) is 4.79 Å². The van der Waals surface area contributed by atoms with Gasteiger partial charge in [-0.05, 0) is 42.0 Å². The van der Waals surface area contributed by atoms with Crippen LogP contribution in [-0.4, -0.2) is 22.3 Å². The van der Waals surface area contributed by atoms with Crippen LogP contribution in [0.3, 0.4) is 0 Å². The molecule has 3 rings (SSSR count). The van der Waals surface area contributed by atoms with Gasteiger partial charge in [0.05, 0.1) is 0 Å². The number of thiophene rings is 1. The number of aromatic nitrogens is 1. The molecule has 3 heterocycles. The minimum absolute atomic E-state index is 0.0421. The Kier molecular flexibility index (Phi) is 3.90. The zero-order chi connectivity index (χ0) is 14.8. The second-order valence-electron chi connectivity index (χ2n) is 5.08. The number of amides is 1. The lowest BCUT2D eigenvalue weighted by molar-refractivity contribution is 0.0735. The zero-order valence-electron chi connectivity index (χ0n) is 11.9. The average molecular weight is 302 g/mol. The molecule has 1 aliphatic heterocycles. The van der Waals surface area contributed by atoms with Crippen molar-refractivity contribution in [3.05, 3.63) is 45.3 Å². The number of nitrogens with zero attached hydrogens (tertiary/aromatic N) is 2. The predicted molar refractivity (Wildman–Crippen MR) is 84.2 cm³/mol. The highest BCUT2D eigenvalue weighted by Crippen LogP contribution is 2.25. The summed E-state index contributed by atoms with van der Waals surface area (Å²) in [5.41, 5.74) is 5.31. The number of nitrogen functional groups attached to an aromatic ring is 1. The summed E-state index contributed by atoms with van der Waals surface area (Å²) in [7, 11) is 0. The summed E-state index contributed by atoms with van der Waals surface area (Å²) in [6, 6.07) is 5.67. The molecule has 6 heteroatoms. The van der Waals surface area contributed by atoms with E-state index in [-0.39, 0.29) is 5.91 Å². The van der Waals surface area contributed by atoms with E-state index in [1.165, 1.54) is 10.4 Å². The molecule has 2 aromatic heterocycles. The maximum absolute atomic E-state index is 12.7. The van der Waals surface area contributed by atoms with Crippen LogP contribution in [0.5, 0.6) is 0 Å². The molecule has 0 fully saturated rings. The predicted octanol–water partition coefficient (Wildman–Crippen LogP) is 2.19. The van der Waals surface area contributed by atoms with E-state index in [4.69, 9.17) is 5.84 Å². The second kappa shape index (κ2) is 5.83. The van der Waals surface area contributed by atoms with Crippen molar-refractivity contribution in [1.29, 1.82) is 0 Å². The van der Waals surface area contributed by atoms with Crippen molar-refractivity contribution >= 4 is 23.1 Å². The number of hydrazine groups is 1. The quantitative estimate of drug-likeness (QED) is 0.673. The molecule has 0 unspecified atom stereocenters. The van der Waals surface area contributed by atoms with Gasteiger partial charge in [-0.3, -0.25) is 4.79 Å². The van der Waals surface area contributed by atoms with Crippen molar-refractivity contribution in [1.82, 2.24) is 9.88 Å². The molecule has 0 atom stereocenters. The van der Waals surface area contributed by atoms with Gasteiger partial charge < -0.3 is 10.3 Å². The third-order valence-electron chi connectivity index (χ3n) is 3.73. The maximum atomic E-state index is 12.7. The van der Waals surface area contributed by atoms with Gasteiger partial charge in [-0.1, -0.05) is 6.92 Å². The molecule has 21 heavy (non-hydrogen) atoms. The Morgan fingerprint density at radius 2 is 2.38 bits per heavy atom. The molecule has 0 radical (unpaired) electrons. The Hall–Kier alpha value is -1.92. The fraction of sp³-hybridized carbons (Fsp3) is 0.333. The molecule has 1 aliphatic rings. The second-order valence-corrected chi connectivity index (χ2v) is 6.08. The molecule has 0 bridgehead atoms. The first-order valence-corrected chi connectivity index (χ1v) is 7.91. The molecule has 3 N–H and O–H groups in total. The van der Waals surface area contributed by atoms with E-state index in [1.807, 2.05) is 17.9 Å². The van der Waals surface area contributed by atoms with E-state index >= 15 is 0 Å². The first kappa shape index (κ1) is 14.0. The van der Waals surface area contributed by atoms with Crippen molar-refractivity contribution in [2.24, 2.45) is 5.84 Å². The van der Waals surface area contributed by atoms with Crippen LogP contribution in [0.25, 0.3) is 0 Å². The van der Waals surface area contributed by atoms with Crippen LogP contribution in [0.1, 0.15) is 33.4 Å². The van der Waals surface area contributed by atoms with Crippen molar-refractivity contribution in [3.8, 4) is 0 Å². The highest BCUT2D eigenvalue weighted by Gasteiger charge is 2.23. The van der Waals surface area contributed by atoms with Gasteiger partial charge in [-0.2, -0.15) is 0 Å². The molecular weight excluding hydrogens is 284 g/mol. The van der Waals surface area contributed by atoms with Crippen molar-refractivity contribution in [2.45, 2.75) is 26.3 Å². The Morgan fingerprint density at radius 3 is 3.14 bits per heavy atom. The monoisotopic (exact) mass is 302 g/mol. The lowest BCUT2D eigenvalue weighted by Gasteiger charge is -2.27. The number of carbonyl (C=O) groups is 1. The average Bonchev–Trinajstić information content (AvgIpc) is 3.01. The highest BCUT2D eigenvalue weighted by molar-refractivity contribution is 7.10. The smallest absolute Gasteiger partial charge is 0.254 e. The molecule has 2 aromatic rings. The first-order chi connectivity index (χ1) is 10.2. The number of nitrogens with two attached hydrogens (primary N) is 1. The molecule has 0 spiro atoms. The molecule has 1 amide bonds. The van der Waals surface area contributed by atoms with E-state index < -0.39 is 0 Å². The summed E-state index contributed by atoms with van der Waals surface area (Å²) in [5, 5.41) is 2.09. The van der Waals surface area contributed by atoms with Crippen LogP contribution in [0.4, 0.5) is 5.82 Å². The van der Waals surface area contributed by atoms with Crippen LogP contribution >= 0.6 is 11.3 Å². The van der Waals surface area contributed by atoms with Crippen molar-refractivity contribution in [3.63, 3.8) is 0 Å². The summed E-state index contributed by atoms with van der Waals surface area (Å²) < 4.78 is 0. The molecule has 0 saturated heterocycles. The van der Waals surface area contributed by atoms with Gasteiger partial charge in [0.25, 0.3) is 5.91 Å². The van der Waals surface area contributed by atoms with Crippen LogP contribution < -0.4 is 11.3 Å². The fourth-order valence-corrected chi connectivity index (χ4v) is 3.46. The van der Waals surface area contributed by atoms with Gasteiger partial charge in [0, 0.05) is 29.2 Å². The van der Waals surface area contributed by atoms with Crippen molar-refractivity contribution < 1.29 is 4.79 Å². The number of anilines is 1. The molecular formula is C15H18N4OS. The molecule has 5 nitrogen and oxygen atoms in total. The standard InChI is InChI=1S/C15H18N4OS/c1-2-12-7-11(8-14(17-12)18-16)15(20)19-5-3-13-10(9-19)4-6-21-13/h4,6-8H,2-3,5,9,16H2,1H3,(H,17,18). The van der Waals surface area contributed by atoms with E-state index in [2.05, 4.69) is 21.9 Å². The Morgan fingerprint density at radius 1 is 1.52 bits per heavy atom. The van der Waals surface area contributed by atoms with Crippen LogP contribution in [-0.2, 0) is 19.4 Å². The van der Waals surface area contributed by atoms with Crippen LogP contribution in [0, 0.1) is 0 Å². The minimum Gasteiger partial charge on any atom is -0.334 e. The topological polar surface area (TPSA) is 71.2 Å². The summed E-state index contributed by atoms with van der Waals surface area (Å²) in [4.78, 5) is 20.3. The number of pyridine rings is 1. The number of hydrogen-bond donors (Lipinski definition) is 2. The lowest BCUT2D eigenvalue weighted by Crippen LogP contribution is -2.35. The normalized spacial score (nSPS) is 13.9. The van der Waals surface area contributed by atoms with Gasteiger partial charge in [0.2, 0.25) is 0 Å². The van der Waals surface area contributed by atoms with E-state index in [0.29, 0.717) is 17.9 Å². The molecule has 0 aliphatic carbocycles.